The van der Waals surface area contributed by atoms with E-state index >= 15 is 0 Å². The summed E-state index contributed by atoms with van der Waals surface area (Å²) in [7, 11) is 0. The molecule has 0 aliphatic heterocycles. The van der Waals surface area contributed by atoms with Gasteiger partial charge in [-0.25, -0.2) is 4.98 Å². The van der Waals surface area contributed by atoms with Crippen molar-refractivity contribution in [1.82, 2.24) is 14.0 Å². The Morgan fingerprint density at radius 1 is 1.19 bits per heavy atom. The fourth-order valence-corrected chi connectivity index (χ4v) is 4.89. The van der Waals surface area contributed by atoms with E-state index in [-0.39, 0.29) is 23.4 Å². The topological polar surface area (TPSA) is 73.4 Å². The van der Waals surface area contributed by atoms with E-state index < -0.39 is 5.41 Å². The lowest BCUT2D eigenvalue weighted by Gasteiger charge is -2.13. The molecule has 0 unspecified atom stereocenters. The number of carbonyl (C=O) groups is 1. The van der Waals surface area contributed by atoms with Gasteiger partial charge in [-0.15, -0.1) is 22.7 Å². The Balaban J connectivity index is 1.89. The molecule has 0 atom stereocenters. The van der Waals surface area contributed by atoms with E-state index in [1.54, 1.807) is 12.3 Å². The van der Waals surface area contributed by atoms with Gasteiger partial charge in [-0.3, -0.25) is 23.4 Å². The molecule has 0 fully saturated rings. The number of fused-ring (bicyclic) bond motifs is 1. The van der Waals surface area contributed by atoms with E-state index in [9.17, 15) is 14.4 Å². The number of Topliss-reactive ketones (excluding diaryl/α,β-unsaturated/α-hetero) is 1. The SMILES string of the molecule is Cc1ccc2nc(Cn3c(=O)/c(=C/c4cccs4)s/c3=C\C(=O)C(C)(C)C)cc(=O)n2c1. The van der Waals surface area contributed by atoms with E-state index in [0.717, 1.165) is 10.4 Å². The van der Waals surface area contributed by atoms with E-state index in [2.05, 4.69) is 4.98 Å². The zero-order valence-corrected chi connectivity index (χ0v) is 19.9. The van der Waals surface area contributed by atoms with Crippen LogP contribution in [0.1, 0.15) is 36.9 Å². The van der Waals surface area contributed by atoms with Crippen molar-refractivity contribution in [3.8, 4) is 0 Å². The third-order valence-electron chi connectivity index (χ3n) is 4.93. The standard InChI is InChI=1S/C24H23N3O3S2/c1-15-7-8-20-25-16(10-21(29)26(20)13-15)14-27-22(12-19(28)24(2,3)4)32-18(23(27)30)11-17-6-5-9-31-17/h5-13H,14H2,1-4H3/b18-11-,22-12-. The molecule has 4 rings (SSSR count). The van der Waals surface area contributed by atoms with Crippen molar-refractivity contribution < 1.29 is 4.79 Å². The first-order valence-electron chi connectivity index (χ1n) is 10.1. The highest BCUT2D eigenvalue weighted by atomic mass is 32.1. The van der Waals surface area contributed by atoms with Gasteiger partial charge in [0.25, 0.3) is 11.1 Å². The maximum absolute atomic E-state index is 13.2. The second kappa shape index (κ2) is 8.44. The van der Waals surface area contributed by atoms with Crippen LogP contribution < -0.4 is 20.3 Å². The van der Waals surface area contributed by atoms with Crippen molar-refractivity contribution in [2.75, 3.05) is 0 Å². The molecular formula is C24H23N3O3S2. The van der Waals surface area contributed by atoms with Crippen LogP contribution in [0.25, 0.3) is 17.8 Å². The van der Waals surface area contributed by atoms with Gasteiger partial charge in [-0.1, -0.05) is 32.9 Å². The minimum absolute atomic E-state index is 0.0720. The number of thiophene rings is 1. The molecule has 0 aromatic carbocycles. The second-order valence-corrected chi connectivity index (χ2v) is 10.7. The summed E-state index contributed by atoms with van der Waals surface area (Å²) < 4.78 is 4.10. The lowest BCUT2D eigenvalue weighted by Crippen LogP contribution is -2.33. The number of rotatable bonds is 4. The van der Waals surface area contributed by atoms with Crippen molar-refractivity contribution in [2.45, 2.75) is 34.2 Å². The van der Waals surface area contributed by atoms with Crippen LogP contribution in [0.5, 0.6) is 0 Å². The summed E-state index contributed by atoms with van der Waals surface area (Å²) in [4.78, 5) is 44.1. The number of hydrogen-bond donors (Lipinski definition) is 0. The maximum atomic E-state index is 13.2. The average Bonchev–Trinajstić information content (AvgIpc) is 3.32. The van der Waals surface area contributed by atoms with Crippen molar-refractivity contribution in [1.29, 1.82) is 0 Å². The summed E-state index contributed by atoms with van der Waals surface area (Å²) in [6, 6.07) is 8.97. The van der Waals surface area contributed by atoms with Gasteiger partial charge in [0, 0.05) is 28.6 Å². The molecule has 0 radical (unpaired) electrons. The largest absolute Gasteiger partial charge is 0.294 e. The van der Waals surface area contributed by atoms with Gasteiger partial charge in [0.15, 0.2) is 5.78 Å². The van der Waals surface area contributed by atoms with E-state index in [0.29, 0.717) is 20.5 Å². The summed E-state index contributed by atoms with van der Waals surface area (Å²) in [5.41, 5.74) is 0.957. The molecule has 0 bridgehead atoms. The Kier molecular flexibility index (Phi) is 5.83. The van der Waals surface area contributed by atoms with Crippen LogP contribution in [0.4, 0.5) is 0 Å². The molecule has 0 spiro atoms. The molecule has 4 heterocycles. The lowest BCUT2D eigenvalue weighted by atomic mass is 9.91. The van der Waals surface area contributed by atoms with E-state index in [1.807, 2.05) is 57.4 Å². The average molecular weight is 466 g/mol. The number of carbonyl (C=O) groups excluding carboxylic acids is 1. The number of pyridine rings is 1. The number of ketones is 1. The minimum atomic E-state index is -0.569. The summed E-state index contributed by atoms with van der Waals surface area (Å²) in [5, 5.41) is 1.95. The third-order valence-corrected chi connectivity index (χ3v) is 6.81. The molecule has 0 saturated carbocycles. The Labute approximate surface area is 192 Å². The molecule has 164 valence electrons. The fraction of sp³-hybridized carbons (Fsp3) is 0.250. The fourth-order valence-electron chi connectivity index (χ4n) is 3.13. The molecule has 8 heteroatoms. The number of hydrogen-bond acceptors (Lipinski definition) is 6. The van der Waals surface area contributed by atoms with Crippen molar-refractivity contribution in [3.05, 3.63) is 87.9 Å². The zero-order chi connectivity index (χ0) is 23.0. The number of nitrogens with zero attached hydrogens (tertiary/aromatic N) is 3. The zero-order valence-electron chi connectivity index (χ0n) is 18.3. The Morgan fingerprint density at radius 2 is 1.97 bits per heavy atom. The predicted molar refractivity (Wildman–Crippen MR) is 130 cm³/mol. The van der Waals surface area contributed by atoms with Crippen molar-refractivity contribution in [2.24, 2.45) is 5.41 Å². The minimum Gasteiger partial charge on any atom is -0.294 e. The first-order chi connectivity index (χ1) is 15.1. The molecule has 0 aliphatic carbocycles. The second-order valence-electron chi connectivity index (χ2n) is 8.63. The summed E-state index contributed by atoms with van der Waals surface area (Å²) >= 11 is 2.81. The van der Waals surface area contributed by atoms with Gasteiger partial charge in [-0.2, -0.15) is 0 Å². The van der Waals surface area contributed by atoms with Crippen LogP contribution >= 0.6 is 22.7 Å². The monoisotopic (exact) mass is 465 g/mol. The molecule has 0 aliphatic rings. The molecule has 0 saturated heterocycles. The molecule has 0 amide bonds. The lowest BCUT2D eigenvalue weighted by molar-refractivity contribution is -0.120. The summed E-state index contributed by atoms with van der Waals surface area (Å²) in [6.07, 6.45) is 5.09. The summed E-state index contributed by atoms with van der Waals surface area (Å²) in [6.45, 7) is 7.54. The van der Waals surface area contributed by atoms with Crippen LogP contribution in [0, 0.1) is 12.3 Å². The number of aromatic nitrogens is 3. The molecule has 0 N–H and O–H groups in total. The van der Waals surface area contributed by atoms with Gasteiger partial charge in [0.05, 0.1) is 16.8 Å². The van der Waals surface area contributed by atoms with Gasteiger partial charge in [0.1, 0.15) is 10.3 Å². The summed E-state index contributed by atoms with van der Waals surface area (Å²) in [5.74, 6) is -0.0720. The first-order valence-corrected chi connectivity index (χ1v) is 11.8. The highest BCUT2D eigenvalue weighted by molar-refractivity contribution is 7.11. The molecule has 4 aromatic rings. The maximum Gasteiger partial charge on any atom is 0.269 e. The van der Waals surface area contributed by atoms with Gasteiger partial charge >= 0.3 is 0 Å². The van der Waals surface area contributed by atoms with Crippen LogP contribution in [-0.2, 0) is 11.3 Å². The van der Waals surface area contributed by atoms with E-state index in [1.165, 1.54) is 43.8 Å². The number of thiazole rings is 1. The molecule has 32 heavy (non-hydrogen) atoms. The van der Waals surface area contributed by atoms with Crippen molar-refractivity contribution >= 4 is 46.3 Å². The van der Waals surface area contributed by atoms with Crippen LogP contribution in [-0.4, -0.2) is 19.7 Å². The van der Waals surface area contributed by atoms with Gasteiger partial charge in [-0.05, 0) is 36.1 Å². The normalized spacial score (nSPS) is 13.2. The highest BCUT2D eigenvalue weighted by Gasteiger charge is 2.20. The van der Waals surface area contributed by atoms with Crippen LogP contribution in [0.15, 0.2) is 51.5 Å². The smallest absolute Gasteiger partial charge is 0.269 e. The van der Waals surface area contributed by atoms with Gasteiger partial charge in [0.2, 0.25) is 0 Å². The quantitative estimate of drug-likeness (QED) is 0.464. The Bertz CT molecular complexity index is 1550. The predicted octanol–water partition coefficient (Wildman–Crippen LogP) is 2.56. The molecular weight excluding hydrogens is 442 g/mol. The third kappa shape index (κ3) is 4.56. The number of aryl methyl sites for hydroxylation is 1. The Hall–Kier alpha value is -3.10. The Morgan fingerprint density at radius 3 is 2.66 bits per heavy atom. The first kappa shape index (κ1) is 22.1. The van der Waals surface area contributed by atoms with Crippen LogP contribution in [0.2, 0.25) is 0 Å². The van der Waals surface area contributed by atoms with Crippen LogP contribution in [0.3, 0.4) is 0 Å². The molecule has 4 aromatic heterocycles. The van der Waals surface area contributed by atoms with Crippen molar-refractivity contribution in [3.63, 3.8) is 0 Å². The molecule has 6 nitrogen and oxygen atoms in total. The highest BCUT2D eigenvalue weighted by Crippen LogP contribution is 2.15. The van der Waals surface area contributed by atoms with Gasteiger partial charge < -0.3 is 0 Å². The van der Waals surface area contributed by atoms with E-state index in [4.69, 9.17) is 0 Å².